The van der Waals surface area contributed by atoms with Crippen LogP contribution in [0.2, 0.25) is 0 Å². The topological polar surface area (TPSA) is 40.6 Å². The molecule has 1 fully saturated rings. The average molecular weight is 316 g/mol. The van der Waals surface area contributed by atoms with Crippen molar-refractivity contribution in [2.75, 3.05) is 13.6 Å². The molecule has 0 spiro atoms. The van der Waals surface area contributed by atoms with Crippen molar-refractivity contribution < 1.29 is 9.59 Å². The zero-order chi connectivity index (χ0) is 16.7. The first-order valence-corrected chi connectivity index (χ1v) is 8.63. The Morgan fingerprint density at radius 1 is 1.09 bits per heavy atom. The van der Waals surface area contributed by atoms with Crippen molar-refractivity contribution in [3.05, 3.63) is 35.9 Å². The number of hydrogen-bond acceptors (Lipinski definition) is 2. The third-order valence-electron chi connectivity index (χ3n) is 4.67. The monoisotopic (exact) mass is 316 g/mol. The van der Waals surface area contributed by atoms with E-state index in [-0.39, 0.29) is 11.8 Å². The lowest BCUT2D eigenvalue weighted by molar-refractivity contribution is -0.134. The average Bonchev–Trinajstić information content (AvgIpc) is 2.56. The first kappa shape index (κ1) is 17.5. The maximum Gasteiger partial charge on any atom is 0.224 e. The van der Waals surface area contributed by atoms with Gasteiger partial charge in [-0.1, -0.05) is 49.6 Å². The summed E-state index contributed by atoms with van der Waals surface area (Å²) in [6.45, 7) is 2.77. The number of amides is 2. The maximum absolute atomic E-state index is 12.3. The van der Waals surface area contributed by atoms with E-state index in [1.165, 1.54) is 19.3 Å². The molecule has 0 aromatic heterocycles. The van der Waals surface area contributed by atoms with Gasteiger partial charge in [0.25, 0.3) is 0 Å². The molecule has 0 unspecified atom stereocenters. The van der Waals surface area contributed by atoms with Gasteiger partial charge in [0.15, 0.2) is 0 Å². The molecule has 0 saturated heterocycles. The van der Waals surface area contributed by atoms with Crippen LogP contribution >= 0.6 is 0 Å². The Morgan fingerprint density at radius 3 is 2.35 bits per heavy atom. The first-order valence-electron chi connectivity index (χ1n) is 8.63. The number of hydrogen-bond donors (Lipinski definition) is 0. The van der Waals surface area contributed by atoms with E-state index in [4.69, 9.17) is 0 Å². The highest BCUT2D eigenvalue weighted by atomic mass is 16.2. The van der Waals surface area contributed by atoms with Gasteiger partial charge in [-0.05, 0) is 18.4 Å². The fourth-order valence-corrected chi connectivity index (χ4v) is 3.34. The third kappa shape index (κ3) is 5.38. The fourth-order valence-electron chi connectivity index (χ4n) is 3.34. The fraction of sp³-hybridized carbons (Fsp3) is 0.579. The molecular formula is C19H28N2O2. The minimum Gasteiger partial charge on any atom is -0.341 e. The molecule has 2 rings (SSSR count). The molecule has 1 aliphatic carbocycles. The zero-order valence-electron chi connectivity index (χ0n) is 14.3. The van der Waals surface area contributed by atoms with Crippen molar-refractivity contribution in [3.63, 3.8) is 0 Å². The second-order valence-corrected chi connectivity index (χ2v) is 6.49. The van der Waals surface area contributed by atoms with Crippen LogP contribution in [-0.4, -0.2) is 41.2 Å². The highest BCUT2D eigenvalue weighted by molar-refractivity contribution is 5.78. The first-order chi connectivity index (χ1) is 11.1. The molecule has 23 heavy (non-hydrogen) atoms. The summed E-state index contributed by atoms with van der Waals surface area (Å²) in [5, 5.41) is 0. The summed E-state index contributed by atoms with van der Waals surface area (Å²) in [4.78, 5) is 27.9. The Balaban J connectivity index is 1.84. The van der Waals surface area contributed by atoms with E-state index in [9.17, 15) is 9.59 Å². The van der Waals surface area contributed by atoms with E-state index in [1.54, 1.807) is 11.8 Å². The van der Waals surface area contributed by atoms with Gasteiger partial charge in [0.2, 0.25) is 11.8 Å². The number of rotatable bonds is 6. The number of carbonyl (C=O) groups is 2. The van der Waals surface area contributed by atoms with Gasteiger partial charge >= 0.3 is 0 Å². The van der Waals surface area contributed by atoms with Crippen molar-refractivity contribution in [2.24, 2.45) is 0 Å². The standard InChI is InChI=1S/C19H28N2O2/c1-16(22)21(18-11-7-4-8-12-18)14-13-19(23)20(2)15-17-9-5-3-6-10-17/h3,5-6,9-10,18H,4,7-8,11-15H2,1-2H3. The quantitative estimate of drug-likeness (QED) is 0.808. The molecule has 0 radical (unpaired) electrons. The van der Waals surface area contributed by atoms with Gasteiger partial charge in [0.05, 0.1) is 0 Å². The lowest BCUT2D eigenvalue weighted by atomic mass is 9.94. The highest BCUT2D eigenvalue weighted by Gasteiger charge is 2.24. The maximum atomic E-state index is 12.3. The molecule has 1 aliphatic rings. The van der Waals surface area contributed by atoms with Crippen LogP contribution in [0.25, 0.3) is 0 Å². The van der Waals surface area contributed by atoms with Gasteiger partial charge in [-0.2, -0.15) is 0 Å². The van der Waals surface area contributed by atoms with Crippen molar-refractivity contribution in [1.82, 2.24) is 9.80 Å². The Hall–Kier alpha value is -1.84. The molecule has 126 valence electrons. The predicted octanol–water partition coefficient (Wildman–Crippen LogP) is 3.22. The number of benzene rings is 1. The third-order valence-corrected chi connectivity index (χ3v) is 4.67. The van der Waals surface area contributed by atoms with Crippen molar-refractivity contribution >= 4 is 11.8 Å². The Morgan fingerprint density at radius 2 is 1.74 bits per heavy atom. The summed E-state index contributed by atoms with van der Waals surface area (Å²) in [5.74, 6) is 0.186. The van der Waals surface area contributed by atoms with Crippen molar-refractivity contribution in [3.8, 4) is 0 Å². The van der Waals surface area contributed by atoms with Crippen molar-refractivity contribution in [2.45, 2.75) is 58.0 Å². The smallest absolute Gasteiger partial charge is 0.224 e. The highest BCUT2D eigenvalue weighted by Crippen LogP contribution is 2.23. The van der Waals surface area contributed by atoms with E-state index in [1.807, 2.05) is 42.3 Å². The minimum absolute atomic E-state index is 0.0930. The molecular weight excluding hydrogens is 288 g/mol. The molecule has 1 saturated carbocycles. The van der Waals surface area contributed by atoms with E-state index in [0.29, 0.717) is 25.6 Å². The Bertz CT molecular complexity index is 509. The normalized spacial score (nSPS) is 15.2. The largest absolute Gasteiger partial charge is 0.341 e. The summed E-state index contributed by atoms with van der Waals surface area (Å²) in [6.07, 6.45) is 6.20. The van der Waals surface area contributed by atoms with E-state index < -0.39 is 0 Å². The summed E-state index contributed by atoms with van der Waals surface area (Å²) in [5.41, 5.74) is 1.12. The summed E-state index contributed by atoms with van der Waals surface area (Å²) in [7, 11) is 1.83. The second kappa shape index (κ2) is 8.70. The van der Waals surface area contributed by atoms with Gasteiger partial charge in [-0.25, -0.2) is 0 Å². The number of carbonyl (C=O) groups excluding carboxylic acids is 2. The van der Waals surface area contributed by atoms with Crippen LogP contribution in [0.1, 0.15) is 51.0 Å². The van der Waals surface area contributed by atoms with Crippen LogP contribution in [0.3, 0.4) is 0 Å². The van der Waals surface area contributed by atoms with Gasteiger partial charge in [0.1, 0.15) is 0 Å². The summed E-state index contributed by atoms with van der Waals surface area (Å²) < 4.78 is 0. The van der Waals surface area contributed by atoms with Gasteiger partial charge in [0, 0.05) is 39.5 Å². The second-order valence-electron chi connectivity index (χ2n) is 6.49. The van der Waals surface area contributed by atoms with Crippen LogP contribution in [-0.2, 0) is 16.1 Å². The molecule has 0 heterocycles. The van der Waals surface area contributed by atoms with Crippen LogP contribution < -0.4 is 0 Å². The van der Waals surface area contributed by atoms with E-state index in [0.717, 1.165) is 18.4 Å². The molecule has 0 atom stereocenters. The van der Waals surface area contributed by atoms with E-state index >= 15 is 0 Å². The molecule has 2 amide bonds. The van der Waals surface area contributed by atoms with Gasteiger partial charge < -0.3 is 9.80 Å². The molecule has 0 bridgehead atoms. The van der Waals surface area contributed by atoms with Crippen molar-refractivity contribution in [1.29, 1.82) is 0 Å². The molecule has 0 N–H and O–H groups in total. The molecule has 4 nitrogen and oxygen atoms in total. The lowest BCUT2D eigenvalue weighted by Gasteiger charge is -2.34. The van der Waals surface area contributed by atoms with Crippen LogP contribution in [0, 0.1) is 0 Å². The SMILES string of the molecule is CC(=O)N(CCC(=O)N(C)Cc1ccccc1)C1CCCCC1. The Kier molecular flexibility index (Phi) is 6.63. The van der Waals surface area contributed by atoms with Gasteiger partial charge in [-0.3, -0.25) is 9.59 Å². The zero-order valence-corrected chi connectivity index (χ0v) is 14.3. The number of nitrogens with zero attached hydrogens (tertiary/aromatic N) is 2. The van der Waals surface area contributed by atoms with E-state index in [2.05, 4.69) is 0 Å². The minimum atomic E-state index is 0.0930. The Labute approximate surface area is 139 Å². The molecule has 4 heteroatoms. The van der Waals surface area contributed by atoms with Gasteiger partial charge in [-0.15, -0.1) is 0 Å². The van der Waals surface area contributed by atoms with Crippen LogP contribution in [0.4, 0.5) is 0 Å². The predicted molar refractivity (Wildman–Crippen MR) is 91.8 cm³/mol. The van der Waals surface area contributed by atoms with Crippen LogP contribution in [0.5, 0.6) is 0 Å². The molecule has 0 aliphatic heterocycles. The molecule has 1 aromatic rings. The van der Waals surface area contributed by atoms with Crippen LogP contribution in [0.15, 0.2) is 30.3 Å². The summed E-state index contributed by atoms with van der Waals surface area (Å²) in [6, 6.07) is 10.3. The molecule has 1 aromatic carbocycles. The lowest BCUT2D eigenvalue weighted by Crippen LogP contribution is -2.42. The summed E-state index contributed by atoms with van der Waals surface area (Å²) >= 11 is 0.